The summed E-state index contributed by atoms with van der Waals surface area (Å²) in [6, 6.07) is 5.23. The third kappa shape index (κ3) is 2.83. The molecule has 1 aromatic carbocycles. The number of rotatable bonds is 1. The van der Waals surface area contributed by atoms with Gasteiger partial charge in [-0.3, -0.25) is 0 Å². The first-order chi connectivity index (χ1) is 8.77. The molecular weight excluding hydrogens is 255 g/mol. The minimum absolute atomic E-state index is 0.106. The zero-order chi connectivity index (χ0) is 14.2. The molecule has 0 aliphatic carbocycles. The molecule has 0 atom stereocenters. The second-order valence-electron chi connectivity index (χ2n) is 4.28. The van der Waals surface area contributed by atoms with Gasteiger partial charge in [-0.05, 0) is 37.6 Å². The van der Waals surface area contributed by atoms with E-state index in [1.165, 1.54) is 6.07 Å². The summed E-state index contributed by atoms with van der Waals surface area (Å²) in [7, 11) is 0. The molecule has 2 aromatic rings. The van der Waals surface area contributed by atoms with Gasteiger partial charge in [-0.2, -0.15) is 13.2 Å². The Hall–Kier alpha value is -2.11. The van der Waals surface area contributed by atoms with Gasteiger partial charge in [0.15, 0.2) is 0 Å². The van der Waals surface area contributed by atoms with E-state index >= 15 is 0 Å². The van der Waals surface area contributed by atoms with Gasteiger partial charge in [0.05, 0.1) is 11.3 Å². The van der Waals surface area contributed by atoms with Crippen LogP contribution in [0.1, 0.15) is 16.8 Å². The molecule has 0 saturated carbocycles. The van der Waals surface area contributed by atoms with E-state index in [-0.39, 0.29) is 5.95 Å². The third-order valence-electron chi connectivity index (χ3n) is 2.70. The fourth-order valence-corrected chi connectivity index (χ4v) is 1.86. The van der Waals surface area contributed by atoms with E-state index < -0.39 is 11.7 Å². The SMILES string of the molecule is Cc1cc(-c2ccc(C(F)(F)F)cc2C)nc(N)n1. The molecule has 0 aliphatic rings. The topological polar surface area (TPSA) is 51.8 Å². The number of aromatic nitrogens is 2. The first kappa shape index (κ1) is 13.3. The molecule has 0 spiro atoms. The summed E-state index contributed by atoms with van der Waals surface area (Å²) in [5, 5.41) is 0. The normalized spacial score (nSPS) is 11.6. The van der Waals surface area contributed by atoms with Crippen molar-refractivity contribution in [1.29, 1.82) is 0 Å². The summed E-state index contributed by atoms with van der Waals surface area (Å²) in [6.45, 7) is 3.36. The molecule has 0 bridgehead atoms. The number of halogens is 3. The van der Waals surface area contributed by atoms with Gasteiger partial charge in [-0.25, -0.2) is 9.97 Å². The second-order valence-corrected chi connectivity index (χ2v) is 4.28. The Labute approximate surface area is 108 Å². The lowest BCUT2D eigenvalue weighted by Crippen LogP contribution is -2.05. The van der Waals surface area contributed by atoms with E-state index in [4.69, 9.17) is 5.73 Å². The van der Waals surface area contributed by atoms with Gasteiger partial charge in [-0.15, -0.1) is 0 Å². The first-order valence-electron chi connectivity index (χ1n) is 5.57. The van der Waals surface area contributed by atoms with Crippen LogP contribution in [0.2, 0.25) is 0 Å². The molecule has 0 amide bonds. The first-order valence-corrected chi connectivity index (χ1v) is 5.57. The Bertz CT molecular complexity index is 601. The Morgan fingerprint density at radius 2 is 1.74 bits per heavy atom. The number of alkyl halides is 3. The van der Waals surface area contributed by atoms with E-state index in [0.29, 0.717) is 22.5 Å². The van der Waals surface area contributed by atoms with Crippen LogP contribution >= 0.6 is 0 Å². The van der Waals surface area contributed by atoms with Gasteiger partial charge >= 0.3 is 6.18 Å². The highest BCUT2D eigenvalue weighted by molar-refractivity contribution is 5.65. The van der Waals surface area contributed by atoms with E-state index in [1.807, 2.05) is 0 Å². The zero-order valence-corrected chi connectivity index (χ0v) is 10.4. The van der Waals surface area contributed by atoms with Crippen LogP contribution in [0.25, 0.3) is 11.3 Å². The molecular formula is C13H12F3N3. The Balaban J connectivity index is 2.52. The van der Waals surface area contributed by atoms with Gasteiger partial charge in [0.2, 0.25) is 5.95 Å². The summed E-state index contributed by atoms with van der Waals surface area (Å²) in [5.41, 5.74) is 7.17. The molecule has 3 nitrogen and oxygen atoms in total. The number of anilines is 1. The average molecular weight is 267 g/mol. The summed E-state index contributed by atoms with van der Waals surface area (Å²) < 4.78 is 37.8. The molecule has 2 N–H and O–H groups in total. The monoisotopic (exact) mass is 267 g/mol. The van der Waals surface area contributed by atoms with Gasteiger partial charge < -0.3 is 5.73 Å². The van der Waals surface area contributed by atoms with E-state index in [2.05, 4.69) is 9.97 Å². The molecule has 100 valence electrons. The van der Waals surface area contributed by atoms with Gasteiger partial charge in [-0.1, -0.05) is 6.07 Å². The molecule has 2 rings (SSSR count). The fraction of sp³-hybridized carbons (Fsp3) is 0.231. The van der Waals surface area contributed by atoms with Crippen molar-refractivity contribution in [3.8, 4) is 11.3 Å². The molecule has 19 heavy (non-hydrogen) atoms. The maximum Gasteiger partial charge on any atom is 0.416 e. The summed E-state index contributed by atoms with van der Waals surface area (Å²) >= 11 is 0. The molecule has 0 unspecified atom stereocenters. The molecule has 0 aliphatic heterocycles. The minimum Gasteiger partial charge on any atom is -0.368 e. The standard InChI is InChI=1S/C13H12F3N3/c1-7-5-9(13(14,15)16)3-4-10(7)11-6-8(2)18-12(17)19-11/h3-6H,1-2H3,(H2,17,18,19). The second kappa shape index (κ2) is 4.53. The lowest BCUT2D eigenvalue weighted by molar-refractivity contribution is -0.137. The van der Waals surface area contributed by atoms with Crippen LogP contribution < -0.4 is 5.73 Å². The van der Waals surface area contributed by atoms with Crippen LogP contribution in [0.5, 0.6) is 0 Å². The predicted octanol–water partition coefficient (Wildman–Crippen LogP) is 3.36. The van der Waals surface area contributed by atoms with Crippen molar-refractivity contribution >= 4 is 5.95 Å². The van der Waals surface area contributed by atoms with Gasteiger partial charge in [0, 0.05) is 11.3 Å². The highest BCUT2D eigenvalue weighted by atomic mass is 19.4. The van der Waals surface area contributed by atoms with Crippen LogP contribution in [0.15, 0.2) is 24.3 Å². The Morgan fingerprint density at radius 3 is 2.26 bits per heavy atom. The molecule has 0 fully saturated rings. The van der Waals surface area contributed by atoms with E-state index in [0.717, 1.165) is 12.1 Å². The van der Waals surface area contributed by atoms with Crippen LogP contribution in [0.3, 0.4) is 0 Å². The minimum atomic E-state index is -4.34. The highest BCUT2D eigenvalue weighted by Crippen LogP contribution is 2.32. The zero-order valence-electron chi connectivity index (χ0n) is 10.4. The van der Waals surface area contributed by atoms with Gasteiger partial charge in [0.1, 0.15) is 0 Å². The predicted molar refractivity (Wildman–Crippen MR) is 66.4 cm³/mol. The van der Waals surface area contributed by atoms with Crippen LogP contribution in [-0.4, -0.2) is 9.97 Å². The number of hydrogen-bond acceptors (Lipinski definition) is 3. The van der Waals surface area contributed by atoms with Crippen molar-refractivity contribution in [2.75, 3.05) is 5.73 Å². The van der Waals surface area contributed by atoms with Crippen molar-refractivity contribution in [2.24, 2.45) is 0 Å². The molecule has 1 heterocycles. The molecule has 0 radical (unpaired) electrons. The van der Waals surface area contributed by atoms with Crippen molar-refractivity contribution in [3.05, 3.63) is 41.1 Å². The number of nitrogens with two attached hydrogens (primary N) is 1. The smallest absolute Gasteiger partial charge is 0.368 e. The van der Waals surface area contributed by atoms with Crippen LogP contribution in [0.4, 0.5) is 19.1 Å². The highest BCUT2D eigenvalue weighted by Gasteiger charge is 2.30. The number of nitrogen functional groups attached to an aromatic ring is 1. The summed E-state index contributed by atoms with van der Waals surface area (Å²) in [5.74, 6) is 0.106. The van der Waals surface area contributed by atoms with E-state index in [9.17, 15) is 13.2 Å². The number of nitrogens with zero attached hydrogens (tertiary/aromatic N) is 2. The van der Waals surface area contributed by atoms with Crippen molar-refractivity contribution in [1.82, 2.24) is 9.97 Å². The average Bonchev–Trinajstić information content (AvgIpc) is 2.26. The van der Waals surface area contributed by atoms with E-state index in [1.54, 1.807) is 19.9 Å². The fourth-order valence-electron chi connectivity index (χ4n) is 1.86. The lowest BCUT2D eigenvalue weighted by atomic mass is 10.0. The van der Waals surface area contributed by atoms with Crippen LogP contribution in [-0.2, 0) is 6.18 Å². The summed E-state index contributed by atoms with van der Waals surface area (Å²) in [4.78, 5) is 7.98. The maximum absolute atomic E-state index is 12.6. The van der Waals surface area contributed by atoms with Gasteiger partial charge in [0.25, 0.3) is 0 Å². The van der Waals surface area contributed by atoms with Crippen LogP contribution in [0, 0.1) is 13.8 Å². The number of aryl methyl sites for hydroxylation is 2. The Morgan fingerprint density at radius 1 is 1.05 bits per heavy atom. The van der Waals surface area contributed by atoms with Crippen molar-refractivity contribution in [3.63, 3.8) is 0 Å². The summed E-state index contributed by atoms with van der Waals surface area (Å²) in [6.07, 6.45) is -4.34. The maximum atomic E-state index is 12.6. The number of benzene rings is 1. The third-order valence-corrected chi connectivity index (χ3v) is 2.70. The molecule has 0 saturated heterocycles. The Kier molecular flexibility index (Phi) is 3.18. The van der Waals surface area contributed by atoms with Crippen molar-refractivity contribution in [2.45, 2.75) is 20.0 Å². The molecule has 6 heteroatoms. The quantitative estimate of drug-likeness (QED) is 0.861. The molecule has 1 aromatic heterocycles. The largest absolute Gasteiger partial charge is 0.416 e. The van der Waals surface area contributed by atoms with Crippen molar-refractivity contribution < 1.29 is 13.2 Å². The number of hydrogen-bond donors (Lipinski definition) is 1. The lowest BCUT2D eigenvalue weighted by Gasteiger charge is -2.11.